The zero-order valence-corrected chi connectivity index (χ0v) is 17.6. The van der Waals surface area contributed by atoms with E-state index in [0.717, 1.165) is 0 Å². The van der Waals surface area contributed by atoms with Crippen LogP contribution in [0.2, 0.25) is 0 Å². The molecule has 3 amide bonds. The van der Waals surface area contributed by atoms with Crippen LogP contribution in [0.1, 0.15) is 36.2 Å². The van der Waals surface area contributed by atoms with Crippen LogP contribution in [0.3, 0.4) is 0 Å². The Balaban J connectivity index is 1.47. The van der Waals surface area contributed by atoms with E-state index in [1.54, 1.807) is 6.07 Å². The van der Waals surface area contributed by atoms with Crippen molar-refractivity contribution in [2.24, 2.45) is 5.92 Å². The van der Waals surface area contributed by atoms with E-state index in [-0.39, 0.29) is 29.7 Å². The minimum atomic E-state index is -3.00. The van der Waals surface area contributed by atoms with Gasteiger partial charge in [0.2, 0.25) is 11.8 Å². The van der Waals surface area contributed by atoms with Gasteiger partial charge in [-0.3, -0.25) is 14.4 Å². The maximum absolute atomic E-state index is 13.1. The van der Waals surface area contributed by atoms with E-state index in [1.165, 1.54) is 23.1 Å². The highest BCUT2D eigenvalue weighted by molar-refractivity contribution is 6.01. The number of amides is 3. The molecule has 9 nitrogen and oxygen atoms in total. The van der Waals surface area contributed by atoms with Crippen LogP contribution in [-0.2, 0) is 9.59 Å². The SMILES string of the molecule is N#C[C@H](C[C@@H]1CCNC1=O)NC(=O)[C@@H]1CCCN1C(=O)c1cc2c(OC(F)F)cccc2[nH]1. The summed E-state index contributed by atoms with van der Waals surface area (Å²) in [5.41, 5.74) is 0.602. The number of benzene rings is 1. The van der Waals surface area contributed by atoms with Crippen LogP contribution in [0.5, 0.6) is 5.75 Å². The summed E-state index contributed by atoms with van der Waals surface area (Å²) < 4.78 is 29.9. The predicted molar refractivity (Wildman–Crippen MR) is 112 cm³/mol. The van der Waals surface area contributed by atoms with Crippen molar-refractivity contribution in [1.29, 1.82) is 5.26 Å². The number of carbonyl (C=O) groups excluding carboxylic acids is 3. The van der Waals surface area contributed by atoms with Gasteiger partial charge in [0, 0.05) is 29.9 Å². The van der Waals surface area contributed by atoms with Crippen molar-refractivity contribution in [3.05, 3.63) is 30.0 Å². The molecule has 174 valence electrons. The topological polar surface area (TPSA) is 127 Å². The minimum Gasteiger partial charge on any atom is -0.434 e. The van der Waals surface area contributed by atoms with Crippen molar-refractivity contribution in [2.45, 2.75) is 44.4 Å². The van der Waals surface area contributed by atoms with Crippen molar-refractivity contribution in [3.63, 3.8) is 0 Å². The summed E-state index contributed by atoms with van der Waals surface area (Å²) in [5.74, 6) is -1.41. The van der Waals surface area contributed by atoms with Crippen molar-refractivity contribution in [2.75, 3.05) is 13.1 Å². The molecule has 1 aromatic heterocycles. The van der Waals surface area contributed by atoms with Gasteiger partial charge in [0.15, 0.2) is 0 Å². The number of ether oxygens (including phenoxy) is 1. The number of nitrogens with one attached hydrogen (secondary N) is 3. The molecule has 2 saturated heterocycles. The molecule has 0 radical (unpaired) electrons. The number of alkyl halides is 2. The van der Waals surface area contributed by atoms with Crippen LogP contribution in [-0.4, -0.2) is 59.4 Å². The number of aromatic amines is 1. The summed E-state index contributed by atoms with van der Waals surface area (Å²) in [6.07, 6.45) is 1.86. The van der Waals surface area contributed by atoms with Crippen LogP contribution in [0.15, 0.2) is 24.3 Å². The fourth-order valence-corrected chi connectivity index (χ4v) is 4.44. The number of carbonyl (C=O) groups is 3. The molecular formula is C22H23F2N5O4. The maximum atomic E-state index is 13.1. The van der Waals surface area contributed by atoms with E-state index in [0.29, 0.717) is 43.3 Å². The normalized spacial score (nSPS) is 21.2. The van der Waals surface area contributed by atoms with Crippen LogP contribution in [0, 0.1) is 17.2 Å². The Kier molecular flexibility index (Phi) is 6.44. The van der Waals surface area contributed by atoms with E-state index < -0.39 is 30.5 Å². The Bertz CT molecular complexity index is 1110. The number of nitrogens with zero attached hydrogens (tertiary/aromatic N) is 2. The first-order chi connectivity index (χ1) is 15.9. The minimum absolute atomic E-state index is 0.0543. The lowest BCUT2D eigenvalue weighted by Gasteiger charge is -2.25. The van der Waals surface area contributed by atoms with Gasteiger partial charge in [-0.15, -0.1) is 0 Å². The molecule has 3 heterocycles. The van der Waals surface area contributed by atoms with Gasteiger partial charge in [-0.1, -0.05) is 6.07 Å². The van der Waals surface area contributed by atoms with E-state index in [4.69, 9.17) is 0 Å². The summed E-state index contributed by atoms with van der Waals surface area (Å²) in [6.45, 7) is -2.11. The second-order valence-corrected chi connectivity index (χ2v) is 8.14. The highest BCUT2D eigenvalue weighted by Gasteiger charge is 2.37. The second-order valence-electron chi connectivity index (χ2n) is 8.14. The lowest BCUT2D eigenvalue weighted by Crippen LogP contribution is -2.49. The van der Waals surface area contributed by atoms with Crippen LogP contribution < -0.4 is 15.4 Å². The largest absolute Gasteiger partial charge is 0.434 e. The first-order valence-electron chi connectivity index (χ1n) is 10.7. The molecule has 0 saturated carbocycles. The third-order valence-corrected chi connectivity index (χ3v) is 6.04. The van der Waals surface area contributed by atoms with Gasteiger partial charge < -0.3 is 25.3 Å². The number of H-pyrrole nitrogens is 1. The molecule has 33 heavy (non-hydrogen) atoms. The molecule has 0 unspecified atom stereocenters. The second kappa shape index (κ2) is 9.44. The van der Waals surface area contributed by atoms with Gasteiger partial charge in [-0.2, -0.15) is 14.0 Å². The van der Waals surface area contributed by atoms with Crippen LogP contribution >= 0.6 is 0 Å². The zero-order chi connectivity index (χ0) is 23.5. The molecule has 0 spiro atoms. The third-order valence-electron chi connectivity index (χ3n) is 6.04. The van der Waals surface area contributed by atoms with Gasteiger partial charge in [-0.05, 0) is 43.9 Å². The number of nitriles is 1. The number of halogens is 2. The number of hydrogen-bond donors (Lipinski definition) is 3. The molecule has 2 fully saturated rings. The van der Waals surface area contributed by atoms with E-state index in [1.807, 2.05) is 6.07 Å². The highest BCUT2D eigenvalue weighted by atomic mass is 19.3. The number of fused-ring (bicyclic) bond motifs is 1. The molecule has 4 rings (SSSR count). The molecule has 2 aliphatic heterocycles. The lowest BCUT2D eigenvalue weighted by atomic mass is 9.99. The molecule has 3 N–H and O–H groups in total. The number of likely N-dealkylation sites (tertiary alicyclic amines) is 1. The fraction of sp³-hybridized carbons (Fsp3) is 0.455. The Morgan fingerprint density at radius 3 is 2.85 bits per heavy atom. The average molecular weight is 459 g/mol. The van der Waals surface area contributed by atoms with Gasteiger partial charge in [0.1, 0.15) is 23.5 Å². The number of rotatable bonds is 7. The molecule has 0 bridgehead atoms. The molecule has 0 aliphatic carbocycles. The Morgan fingerprint density at radius 1 is 1.33 bits per heavy atom. The predicted octanol–water partition coefficient (Wildman–Crippen LogP) is 1.91. The molecule has 2 aromatic rings. The fourth-order valence-electron chi connectivity index (χ4n) is 4.44. The number of hydrogen-bond acceptors (Lipinski definition) is 5. The van der Waals surface area contributed by atoms with E-state index in [9.17, 15) is 28.4 Å². The molecule has 11 heteroatoms. The highest BCUT2D eigenvalue weighted by Crippen LogP contribution is 2.29. The summed E-state index contributed by atoms with van der Waals surface area (Å²) in [6, 6.07) is 6.39. The first kappa shape index (κ1) is 22.5. The lowest BCUT2D eigenvalue weighted by molar-refractivity contribution is -0.126. The smallest absolute Gasteiger partial charge is 0.387 e. The summed E-state index contributed by atoms with van der Waals surface area (Å²) in [5, 5.41) is 15.1. The Hall–Kier alpha value is -3.68. The molecule has 1 aromatic carbocycles. The Morgan fingerprint density at radius 2 is 2.15 bits per heavy atom. The van der Waals surface area contributed by atoms with Crippen LogP contribution in [0.25, 0.3) is 10.9 Å². The van der Waals surface area contributed by atoms with Gasteiger partial charge in [-0.25, -0.2) is 0 Å². The van der Waals surface area contributed by atoms with Crippen LogP contribution in [0.4, 0.5) is 8.78 Å². The standard InChI is InChI=1S/C22H23F2N5O4/c23-22(24)33-18-5-1-3-15-14(18)10-16(28-15)21(32)29-8-2-4-17(29)20(31)27-13(11-25)9-12-6-7-26-19(12)30/h1,3,5,10,12-13,17,22,28H,2,4,6-9H2,(H,26,30)(H,27,31)/t12-,13-,17-/m0/s1. The number of aromatic nitrogens is 1. The molecular weight excluding hydrogens is 436 g/mol. The van der Waals surface area contributed by atoms with Crippen molar-refractivity contribution in [3.8, 4) is 11.8 Å². The Labute approximate surface area is 188 Å². The van der Waals surface area contributed by atoms with E-state index in [2.05, 4.69) is 20.4 Å². The molecule has 3 atom stereocenters. The maximum Gasteiger partial charge on any atom is 0.387 e. The van der Waals surface area contributed by atoms with Gasteiger partial charge >= 0.3 is 6.61 Å². The first-order valence-corrected chi connectivity index (χ1v) is 10.7. The van der Waals surface area contributed by atoms with Crippen molar-refractivity contribution in [1.82, 2.24) is 20.5 Å². The quantitative estimate of drug-likeness (QED) is 0.583. The van der Waals surface area contributed by atoms with Gasteiger partial charge in [0.05, 0.1) is 6.07 Å². The monoisotopic (exact) mass is 459 g/mol. The van der Waals surface area contributed by atoms with E-state index >= 15 is 0 Å². The van der Waals surface area contributed by atoms with Crippen molar-refractivity contribution >= 4 is 28.6 Å². The summed E-state index contributed by atoms with van der Waals surface area (Å²) in [4.78, 5) is 42.1. The zero-order valence-electron chi connectivity index (χ0n) is 17.6. The molecule has 2 aliphatic rings. The van der Waals surface area contributed by atoms with Crippen molar-refractivity contribution < 1.29 is 27.9 Å². The summed E-state index contributed by atoms with van der Waals surface area (Å²) >= 11 is 0. The average Bonchev–Trinajstić information content (AvgIpc) is 3.52. The van der Waals surface area contributed by atoms with Gasteiger partial charge in [0.25, 0.3) is 5.91 Å². The summed E-state index contributed by atoms with van der Waals surface area (Å²) in [7, 11) is 0. The third kappa shape index (κ3) is 4.74.